The van der Waals surface area contributed by atoms with Gasteiger partial charge in [0.25, 0.3) is 0 Å². The summed E-state index contributed by atoms with van der Waals surface area (Å²) in [5, 5.41) is 3.56. The number of nitrogens with one attached hydrogen (secondary N) is 1. The van der Waals surface area contributed by atoms with E-state index in [0.29, 0.717) is 12.6 Å². The fraction of sp³-hybridized carbons (Fsp3) is 0.429. The maximum absolute atomic E-state index is 5.58. The van der Waals surface area contributed by atoms with Crippen LogP contribution in [0.15, 0.2) is 33.2 Å². The maximum atomic E-state index is 5.58. The zero-order chi connectivity index (χ0) is 13.0. The molecule has 0 heterocycles. The lowest BCUT2D eigenvalue weighted by molar-refractivity contribution is 0.336. The fourth-order valence-electron chi connectivity index (χ4n) is 2.04. The summed E-state index contributed by atoms with van der Waals surface area (Å²) in [6.07, 6.45) is 6.75. The zero-order valence-electron chi connectivity index (χ0n) is 10.4. The number of rotatable bonds is 5. The molecule has 0 unspecified atom stereocenters. The molecular formula is C14H17Br2NO. The Balaban J connectivity index is 2.00. The first-order valence-electron chi connectivity index (χ1n) is 6.19. The highest BCUT2D eigenvalue weighted by molar-refractivity contribution is 9.11. The predicted molar refractivity (Wildman–Crippen MR) is 82.0 cm³/mol. The van der Waals surface area contributed by atoms with E-state index >= 15 is 0 Å². The van der Waals surface area contributed by atoms with Crippen LogP contribution in [0.25, 0.3) is 0 Å². The van der Waals surface area contributed by atoms with Crippen LogP contribution < -0.4 is 10.1 Å². The summed E-state index contributed by atoms with van der Waals surface area (Å²) < 4.78 is 7.58. The molecular weight excluding hydrogens is 358 g/mol. The molecule has 1 aromatic rings. The molecule has 0 saturated heterocycles. The molecule has 0 saturated carbocycles. The molecule has 0 bridgehead atoms. The van der Waals surface area contributed by atoms with E-state index in [9.17, 15) is 0 Å². The molecule has 1 aliphatic carbocycles. The van der Waals surface area contributed by atoms with Crippen LogP contribution >= 0.6 is 31.9 Å². The minimum atomic E-state index is 0.592. The lowest BCUT2D eigenvalue weighted by Gasteiger charge is -2.14. The van der Waals surface area contributed by atoms with Crippen LogP contribution in [-0.2, 0) is 6.54 Å². The second-order valence-electron chi connectivity index (χ2n) is 4.34. The average Bonchev–Trinajstić information content (AvgIpc) is 2.84. The van der Waals surface area contributed by atoms with Gasteiger partial charge in [-0.15, -0.1) is 0 Å². The molecule has 0 fully saturated rings. The Morgan fingerprint density at radius 1 is 1.22 bits per heavy atom. The lowest BCUT2D eigenvalue weighted by atomic mass is 10.2. The minimum absolute atomic E-state index is 0.592. The summed E-state index contributed by atoms with van der Waals surface area (Å²) in [6.45, 7) is 3.54. The molecule has 0 aromatic heterocycles. The van der Waals surface area contributed by atoms with E-state index in [0.717, 1.165) is 34.1 Å². The van der Waals surface area contributed by atoms with Crippen molar-refractivity contribution in [2.45, 2.75) is 32.4 Å². The van der Waals surface area contributed by atoms with Crippen LogP contribution in [0.4, 0.5) is 0 Å². The van der Waals surface area contributed by atoms with E-state index in [1.807, 2.05) is 6.92 Å². The van der Waals surface area contributed by atoms with Crippen LogP contribution in [0.5, 0.6) is 5.75 Å². The third-order valence-electron chi connectivity index (χ3n) is 2.95. The highest BCUT2D eigenvalue weighted by Gasteiger charge is 2.11. The predicted octanol–water partition coefficient (Wildman–Crippen LogP) is 4.42. The summed E-state index contributed by atoms with van der Waals surface area (Å²) in [4.78, 5) is 0. The molecule has 0 spiro atoms. The molecule has 18 heavy (non-hydrogen) atoms. The highest BCUT2D eigenvalue weighted by Crippen LogP contribution is 2.34. The van der Waals surface area contributed by atoms with Crippen LogP contribution in [-0.4, -0.2) is 12.6 Å². The third kappa shape index (κ3) is 3.59. The van der Waals surface area contributed by atoms with Crippen molar-refractivity contribution in [3.8, 4) is 5.75 Å². The Morgan fingerprint density at radius 3 is 2.39 bits per heavy atom. The van der Waals surface area contributed by atoms with Crippen LogP contribution in [0, 0.1) is 0 Å². The van der Waals surface area contributed by atoms with Crippen molar-refractivity contribution in [3.05, 3.63) is 38.8 Å². The van der Waals surface area contributed by atoms with Gasteiger partial charge in [0.2, 0.25) is 0 Å². The van der Waals surface area contributed by atoms with Gasteiger partial charge in [0.15, 0.2) is 0 Å². The van der Waals surface area contributed by atoms with Gasteiger partial charge in [-0.25, -0.2) is 0 Å². The molecule has 2 nitrogen and oxygen atoms in total. The molecule has 0 atom stereocenters. The Morgan fingerprint density at radius 2 is 1.83 bits per heavy atom. The van der Waals surface area contributed by atoms with Crippen molar-refractivity contribution in [2.24, 2.45) is 0 Å². The molecule has 98 valence electrons. The number of halogens is 2. The Bertz CT molecular complexity index is 414. The number of hydrogen-bond donors (Lipinski definition) is 1. The van der Waals surface area contributed by atoms with Gasteiger partial charge in [0.1, 0.15) is 5.75 Å². The molecule has 0 amide bonds. The topological polar surface area (TPSA) is 21.3 Å². The van der Waals surface area contributed by atoms with E-state index in [-0.39, 0.29) is 0 Å². The van der Waals surface area contributed by atoms with E-state index in [1.54, 1.807) is 0 Å². The standard InChI is InChI=1S/C14H17Br2NO/c1-2-18-14-12(15)7-10(8-13(14)16)9-17-11-5-3-4-6-11/h3-4,7-8,11,17H,2,5-6,9H2,1H3. The highest BCUT2D eigenvalue weighted by atomic mass is 79.9. The van der Waals surface area contributed by atoms with Gasteiger partial charge in [0.05, 0.1) is 15.6 Å². The molecule has 0 aliphatic heterocycles. The molecule has 1 aromatic carbocycles. The monoisotopic (exact) mass is 373 g/mol. The fourth-order valence-corrected chi connectivity index (χ4v) is 3.55. The molecule has 1 aliphatic rings. The van der Waals surface area contributed by atoms with Crippen LogP contribution in [0.1, 0.15) is 25.3 Å². The lowest BCUT2D eigenvalue weighted by Crippen LogP contribution is -2.25. The first-order valence-corrected chi connectivity index (χ1v) is 7.78. The van der Waals surface area contributed by atoms with Gasteiger partial charge in [-0.1, -0.05) is 12.2 Å². The third-order valence-corrected chi connectivity index (χ3v) is 4.13. The average molecular weight is 375 g/mol. The van der Waals surface area contributed by atoms with E-state index < -0.39 is 0 Å². The number of benzene rings is 1. The smallest absolute Gasteiger partial charge is 0.147 e. The quantitative estimate of drug-likeness (QED) is 0.770. The summed E-state index contributed by atoms with van der Waals surface area (Å²) >= 11 is 7.11. The number of ether oxygens (including phenoxy) is 1. The maximum Gasteiger partial charge on any atom is 0.147 e. The van der Waals surface area contributed by atoms with Crippen molar-refractivity contribution in [3.63, 3.8) is 0 Å². The van der Waals surface area contributed by atoms with Gasteiger partial charge in [0, 0.05) is 12.6 Å². The zero-order valence-corrected chi connectivity index (χ0v) is 13.6. The van der Waals surface area contributed by atoms with Crippen molar-refractivity contribution in [1.29, 1.82) is 0 Å². The van der Waals surface area contributed by atoms with E-state index in [2.05, 4.69) is 61.5 Å². The second-order valence-corrected chi connectivity index (χ2v) is 6.05. The Hall–Kier alpha value is -0.320. The second kappa shape index (κ2) is 6.73. The summed E-state index contributed by atoms with van der Waals surface area (Å²) in [6, 6.07) is 4.82. The molecule has 1 N–H and O–H groups in total. The first kappa shape index (κ1) is 14.1. The SMILES string of the molecule is CCOc1c(Br)cc(CNC2CC=CC2)cc1Br. The Kier molecular flexibility index (Phi) is 5.27. The molecule has 2 rings (SSSR count). The van der Waals surface area contributed by atoms with Crippen molar-refractivity contribution < 1.29 is 4.74 Å². The van der Waals surface area contributed by atoms with E-state index in [4.69, 9.17) is 4.74 Å². The molecule has 0 radical (unpaired) electrons. The van der Waals surface area contributed by atoms with E-state index in [1.165, 1.54) is 5.56 Å². The van der Waals surface area contributed by atoms with Crippen molar-refractivity contribution in [1.82, 2.24) is 5.32 Å². The van der Waals surface area contributed by atoms with Crippen LogP contribution in [0.3, 0.4) is 0 Å². The van der Waals surface area contributed by atoms with Gasteiger partial charge < -0.3 is 10.1 Å². The summed E-state index contributed by atoms with van der Waals surface area (Å²) in [5.74, 6) is 0.879. The van der Waals surface area contributed by atoms with Crippen molar-refractivity contribution in [2.75, 3.05) is 6.61 Å². The minimum Gasteiger partial charge on any atom is -0.492 e. The normalized spacial score (nSPS) is 15.3. The van der Waals surface area contributed by atoms with Gasteiger partial charge >= 0.3 is 0 Å². The van der Waals surface area contributed by atoms with Gasteiger partial charge in [-0.05, 0) is 69.3 Å². The summed E-state index contributed by atoms with van der Waals surface area (Å²) in [7, 11) is 0. The van der Waals surface area contributed by atoms with Crippen molar-refractivity contribution >= 4 is 31.9 Å². The van der Waals surface area contributed by atoms with Crippen LogP contribution in [0.2, 0.25) is 0 Å². The van der Waals surface area contributed by atoms with Gasteiger partial charge in [-0.3, -0.25) is 0 Å². The largest absolute Gasteiger partial charge is 0.492 e. The molecule has 4 heteroatoms. The summed E-state index contributed by atoms with van der Waals surface area (Å²) in [5.41, 5.74) is 1.25. The number of hydrogen-bond acceptors (Lipinski definition) is 2. The van der Waals surface area contributed by atoms with Gasteiger partial charge in [-0.2, -0.15) is 0 Å². The first-order chi connectivity index (χ1) is 8.70. The Labute approximate surface area is 125 Å².